The number of rotatable bonds is 6. The van der Waals surface area contributed by atoms with Gasteiger partial charge in [-0.15, -0.1) is 0 Å². The Morgan fingerprint density at radius 2 is 1.84 bits per heavy atom. The topological polar surface area (TPSA) is 109 Å². The van der Waals surface area contributed by atoms with Crippen LogP contribution in [0.3, 0.4) is 0 Å². The van der Waals surface area contributed by atoms with Crippen molar-refractivity contribution < 1.29 is 21.9 Å². The normalized spacial score (nSPS) is 14.1. The van der Waals surface area contributed by atoms with Crippen LogP contribution in [-0.4, -0.2) is 56.7 Å². The highest BCUT2D eigenvalue weighted by Crippen LogP contribution is 2.34. The van der Waals surface area contributed by atoms with Crippen LogP contribution in [-0.2, 0) is 10.0 Å². The number of nitrogens with zero attached hydrogens (tertiary/aromatic N) is 4. The first kappa shape index (κ1) is 25.1. The van der Waals surface area contributed by atoms with E-state index in [1.165, 1.54) is 19.4 Å². The summed E-state index contributed by atoms with van der Waals surface area (Å²) in [6.45, 7) is 3.12. The molecule has 0 aliphatic carbocycles. The molecule has 3 heterocycles. The number of ether oxygens (including phenoxy) is 1. The summed E-state index contributed by atoms with van der Waals surface area (Å²) in [5, 5.41) is 4.22. The van der Waals surface area contributed by atoms with Gasteiger partial charge in [0.25, 0.3) is 10.0 Å². The van der Waals surface area contributed by atoms with Gasteiger partial charge in [0.2, 0.25) is 11.2 Å². The van der Waals surface area contributed by atoms with Gasteiger partial charge in [0, 0.05) is 49.4 Å². The van der Waals surface area contributed by atoms with E-state index in [4.69, 9.17) is 16.3 Å². The van der Waals surface area contributed by atoms with Crippen LogP contribution < -0.4 is 19.7 Å². The first-order valence-electron chi connectivity index (χ1n) is 11.2. The third-order valence-corrected chi connectivity index (χ3v) is 7.44. The lowest BCUT2D eigenvalue weighted by Gasteiger charge is -2.29. The van der Waals surface area contributed by atoms with Crippen LogP contribution in [0.2, 0.25) is 5.28 Å². The summed E-state index contributed by atoms with van der Waals surface area (Å²) in [6.07, 6.45) is 1.53. The number of hydrogen-bond acceptors (Lipinski definition) is 8. The Bertz CT molecular complexity index is 1600. The Hall–Kier alpha value is -3.61. The van der Waals surface area contributed by atoms with Crippen LogP contribution in [0.1, 0.15) is 0 Å². The fraction of sp³-hybridized carbons (Fsp3) is 0.208. The van der Waals surface area contributed by atoms with Gasteiger partial charge >= 0.3 is 0 Å². The second-order valence-electron chi connectivity index (χ2n) is 8.25. The highest BCUT2D eigenvalue weighted by Gasteiger charge is 2.23. The summed E-state index contributed by atoms with van der Waals surface area (Å²) in [5.41, 5.74) is 1.91. The second kappa shape index (κ2) is 10.0. The van der Waals surface area contributed by atoms with Crippen molar-refractivity contribution in [3.05, 3.63) is 65.6 Å². The first-order chi connectivity index (χ1) is 17.7. The minimum Gasteiger partial charge on any atom is -0.480 e. The van der Waals surface area contributed by atoms with Crippen molar-refractivity contribution in [1.29, 1.82) is 0 Å². The van der Waals surface area contributed by atoms with Gasteiger partial charge < -0.3 is 15.0 Å². The van der Waals surface area contributed by atoms with Gasteiger partial charge in [-0.2, -0.15) is 4.98 Å². The fourth-order valence-corrected chi connectivity index (χ4v) is 5.40. The predicted octanol–water partition coefficient (Wildman–Crippen LogP) is 3.84. The van der Waals surface area contributed by atoms with E-state index in [9.17, 15) is 17.2 Å². The Morgan fingerprint density at radius 3 is 2.57 bits per heavy atom. The number of nitrogens with one attached hydrogen (secondary N) is 2. The zero-order valence-electron chi connectivity index (χ0n) is 19.5. The Labute approximate surface area is 216 Å². The summed E-state index contributed by atoms with van der Waals surface area (Å²) in [5.74, 6) is -1.43. The summed E-state index contributed by atoms with van der Waals surface area (Å²) in [7, 11) is -3.08. The van der Waals surface area contributed by atoms with Crippen molar-refractivity contribution in [1.82, 2.24) is 20.3 Å². The molecule has 1 aliphatic rings. The van der Waals surface area contributed by atoms with Crippen molar-refractivity contribution >= 4 is 44.0 Å². The quantitative estimate of drug-likeness (QED) is 0.351. The third kappa shape index (κ3) is 5.13. The van der Waals surface area contributed by atoms with Crippen LogP contribution in [0, 0.1) is 11.6 Å². The molecule has 1 fully saturated rings. The minimum absolute atomic E-state index is 0.0153. The number of pyridine rings is 1. The van der Waals surface area contributed by atoms with E-state index in [-0.39, 0.29) is 16.9 Å². The third-order valence-electron chi connectivity index (χ3n) is 5.87. The number of hydrogen-bond donors (Lipinski definition) is 2. The largest absolute Gasteiger partial charge is 0.480 e. The maximum atomic E-state index is 14.2. The highest BCUT2D eigenvalue weighted by molar-refractivity contribution is 7.92. The maximum absolute atomic E-state index is 14.2. The average molecular weight is 547 g/mol. The number of piperazine rings is 1. The van der Waals surface area contributed by atoms with Crippen molar-refractivity contribution in [2.75, 3.05) is 42.9 Å². The van der Waals surface area contributed by atoms with Crippen molar-refractivity contribution in [3.63, 3.8) is 0 Å². The number of anilines is 2. The van der Waals surface area contributed by atoms with Gasteiger partial charge in [-0.05, 0) is 47.5 Å². The van der Waals surface area contributed by atoms with Gasteiger partial charge in [0.1, 0.15) is 28.0 Å². The molecule has 13 heteroatoms. The molecule has 1 aliphatic heterocycles. The summed E-state index contributed by atoms with van der Waals surface area (Å²) >= 11 is 6.18. The molecule has 2 N–H and O–H groups in total. The first-order valence-corrected chi connectivity index (χ1v) is 13.1. The second-order valence-corrected chi connectivity index (χ2v) is 10.2. The molecule has 0 saturated carbocycles. The number of benzene rings is 2. The summed E-state index contributed by atoms with van der Waals surface area (Å²) in [6, 6.07) is 9.21. The number of aromatic nitrogens is 3. The minimum atomic E-state index is -4.41. The SMILES string of the molecule is COc1ncc(-c2ccc3nc(Cl)nc(N4CCNCC4)c3c2)cc1NS(=O)(=O)c1ccc(F)cc1F. The molecule has 0 radical (unpaired) electrons. The molecule has 192 valence electrons. The van der Waals surface area contributed by atoms with E-state index in [2.05, 4.69) is 29.9 Å². The zero-order chi connectivity index (χ0) is 26.2. The molecule has 1 saturated heterocycles. The number of halogens is 3. The molecular formula is C24H21ClF2N6O3S. The van der Waals surface area contributed by atoms with Gasteiger partial charge in [0.05, 0.1) is 12.6 Å². The van der Waals surface area contributed by atoms with Crippen molar-refractivity contribution in [2.24, 2.45) is 0 Å². The smallest absolute Gasteiger partial charge is 0.264 e. The van der Waals surface area contributed by atoms with E-state index in [0.717, 1.165) is 43.7 Å². The molecule has 0 atom stereocenters. The highest BCUT2D eigenvalue weighted by atomic mass is 35.5. The molecule has 2 aromatic carbocycles. The van der Waals surface area contributed by atoms with Gasteiger partial charge in [-0.25, -0.2) is 27.2 Å². The van der Waals surface area contributed by atoms with E-state index in [0.29, 0.717) is 28.5 Å². The monoisotopic (exact) mass is 546 g/mol. The number of fused-ring (bicyclic) bond motifs is 1. The molecule has 9 nitrogen and oxygen atoms in total. The number of methoxy groups -OCH3 is 1. The molecule has 0 spiro atoms. The van der Waals surface area contributed by atoms with Crippen LogP contribution in [0.15, 0.2) is 53.6 Å². The average Bonchev–Trinajstić information content (AvgIpc) is 2.88. The molecule has 4 aromatic rings. The van der Waals surface area contributed by atoms with Crippen LogP contribution in [0.5, 0.6) is 5.88 Å². The Balaban J connectivity index is 1.56. The van der Waals surface area contributed by atoms with Crippen molar-refractivity contribution in [2.45, 2.75) is 4.90 Å². The molecule has 0 bridgehead atoms. The Morgan fingerprint density at radius 1 is 1.05 bits per heavy atom. The van der Waals surface area contributed by atoms with Crippen molar-refractivity contribution in [3.8, 4) is 17.0 Å². The lowest BCUT2D eigenvalue weighted by molar-refractivity contribution is 0.400. The lowest BCUT2D eigenvalue weighted by atomic mass is 10.0. The summed E-state index contributed by atoms with van der Waals surface area (Å²) < 4.78 is 60.8. The molecule has 0 unspecified atom stereocenters. The Kier molecular flexibility index (Phi) is 6.80. The zero-order valence-corrected chi connectivity index (χ0v) is 21.1. The van der Waals surface area contributed by atoms with Crippen LogP contribution in [0.4, 0.5) is 20.3 Å². The van der Waals surface area contributed by atoms with E-state index >= 15 is 0 Å². The molecule has 37 heavy (non-hydrogen) atoms. The van der Waals surface area contributed by atoms with E-state index in [1.807, 2.05) is 6.07 Å². The van der Waals surface area contributed by atoms with E-state index < -0.39 is 26.6 Å². The maximum Gasteiger partial charge on any atom is 0.264 e. The van der Waals surface area contributed by atoms with Gasteiger partial charge in [0.15, 0.2) is 0 Å². The molecular weight excluding hydrogens is 526 g/mol. The van der Waals surface area contributed by atoms with E-state index in [1.54, 1.807) is 12.1 Å². The number of sulfonamides is 1. The van der Waals surface area contributed by atoms with Crippen LogP contribution >= 0.6 is 11.6 Å². The summed E-state index contributed by atoms with van der Waals surface area (Å²) in [4.78, 5) is 14.4. The van der Waals surface area contributed by atoms with Gasteiger partial charge in [-0.3, -0.25) is 4.72 Å². The van der Waals surface area contributed by atoms with Crippen LogP contribution in [0.25, 0.3) is 22.0 Å². The lowest BCUT2D eigenvalue weighted by Crippen LogP contribution is -2.44. The fourth-order valence-electron chi connectivity index (χ4n) is 4.12. The molecule has 2 aromatic heterocycles. The predicted molar refractivity (Wildman–Crippen MR) is 137 cm³/mol. The molecule has 5 rings (SSSR count). The van der Waals surface area contributed by atoms with Gasteiger partial charge in [-0.1, -0.05) is 6.07 Å². The standard InChI is InChI=1S/C24H21ClF2N6O3S/c1-36-23-20(32-37(34,35)21-5-3-16(26)12-18(21)27)11-15(13-29-23)14-2-4-19-17(10-14)22(31-24(25)30-19)33-8-6-28-7-9-33/h2-5,10-13,28,32H,6-9H2,1H3. The molecule has 0 amide bonds.